The highest BCUT2D eigenvalue weighted by Crippen LogP contribution is 2.29. The summed E-state index contributed by atoms with van der Waals surface area (Å²) in [6, 6.07) is 21.5. The maximum absolute atomic E-state index is 13.6. The lowest BCUT2D eigenvalue weighted by Crippen LogP contribution is -2.54. The molecule has 0 bridgehead atoms. The molecule has 4 aromatic rings. The van der Waals surface area contributed by atoms with Crippen molar-refractivity contribution in [3.8, 4) is 11.4 Å². The van der Waals surface area contributed by atoms with Gasteiger partial charge in [-0.05, 0) is 117 Å². The average molecular weight is 554 g/mol. The van der Waals surface area contributed by atoms with Crippen molar-refractivity contribution in [1.29, 1.82) is 0 Å². The van der Waals surface area contributed by atoms with Gasteiger partial charge >= 0.3 is 0 Å². The van der Waals surface area contributed by atoms with Gasteiger partial charge in [0.05, 0.1) is 5.69 Å². The number of anilines is 1. The Kier molecular flexibility index (Phi) is 7.36. The molecule has 2 amide bonds. The number of hydrogen-bond acceptors (Lipinski definition) is 4. The summed E-state index contributed by atoms with van der Waals surface area (Å²) in [6.07, 6.45) is 1.62. The summed E-state index contributed by atoms with van der Waals surface area (Å²) in [7, 11) is 0. The van der Waals surface area contributed by atoms with E-state index < -0.39 is 11.8 Å². The number of nitrogens with one attached hydrogen (secondary N) is 1. The highest BCUT2D eigenvalue weighted by Gasteiger charge is 2.35. The number of amides is 2. The van der Waals surface area contributed by atoms with Gasteiger partial charge in [-0.1, -0.05) is 24.3 Å². The standard InChI is InChI=1S/C32H28FN3O3S/c1-19-5-6-20(2)29(15-19)36-31(38)28(30(37)34-32(36)40)17-24-16-21(3)35(22(24)4)26-11-13-27(14-12-26)39-18-23-7-9-25(33)10-8-23/h5-17H,18H2,1-4H3,(H,34,37,40)/b28-17+. The molecule has 8 heteroatoms. The molecule has 3 aromatic carbocycles. The fraction of sp³-hybridized carbons (Fsp3) is 0.156. The lowest BCUT2D eigenvalue weighted by Gasteiger charge is -2.30. The molecule has 0 saturated carbocycles. The van der Waals surface area contributed by atoms with Crippen LogP contribution in [0.25, 0.3) is 11.8 Å². The number of halogens is 1. The molecule has 0 aliphatic carbocycles. The summed E-state index contributed by atoms with van der Waals surface area (Å²) in [5.74, 6) is -0.583. The Morgan fingerprint density at radius 3 is 2.33 bits per heavy atom. The number of ether oxygens (including phenoxy) is 1. The third-order valence-electron chi connectivity index (χ3n) is 6.89. The van der Waals surface area contributed by atoms with Gasteiger partial charge in [0, 0.05) is 17.1 Å². The van der Waals surface area contributed by atoms with Gasteiger partial charge in [-0.25, -0.2) is 4.39 Å². The highest BCUT2D eigenvalue weighted by molar-refractivity contribution is 7.80. The van der Waals surface area contributed by atoms with E-state index in [1.165, 1.54) is 17.0 Å². The van der Waals surface area contributed by atoms with Gasteiger partial charge in [0.25, 0.3) is 11.8 Å². The van der Waals surface area contributed by atoms with E-state index in [9.17, 15) is 14.0 Å². The van der Waals surface area contributed by atoms with E-state index in [0.717, 1.165) is 39.3 Å². The summed E-state index contributed by atoms with van der Waals surface area (Å²) < 4.78 is 21.0. The Bertz CT molecular complexity index is 1670. The fourth-order valence-corrected chi connectivity index (χ4v) is 5.04. The van der Waals surface area contributed by atoms with Gasteiger partial charge in [0.1, 0.15) is 23.7 Å². The van der Waals surface area contributed by atoms with E-state index in [0.29, 0.717) is 18.0 Å². The van der Waals surface area contributed by atoms with Crippen molar-refractivity contribution in [2.45, 2.75) is 34.3 Å². The van der Waals surface area contributed by atoms with Gasteiger partial charge < -0.3 is 9.30 Å². The lowest BCUT2D eigenvalue weighted by atomic mass is 10.0. The first kappa shape index (κ1) is 27.0. The number of carbonyl (C=O) groups is 2. The molecule has 202 valence electrons. The van der Waals surface area contributed by atoms with Crippen LogP contribution in [-0.2, 0) is 16.2 Å². The molecule has 1 fully saturated rings. The molecule has 1 saturated heterocycles. The maximum Gasteiger partial charge on any atom is 0.270 e. The minimum Gasteiger partial charge on any atom is -0.489 e. The number of rotatable bonds is 6. The summed E-state index contributed by atoms with van der Waals surface area (Å²) in [5.41, 5.74) is 6.86. The number of benzene rings is 3. The average Bonchev–Trinajstić information content (AvgIpc) is 3.20. The quantitative estimate of drug-likeness (QED) is 0.174. The molecule has 6 nitrogen and oxygen atoms in total. The Hall–Kier alpha value is -4.56. The first-order chi connectivity index (χ1) is 19.1. The zero-order valence-corrected chi connectivity index (χ0v) is 23.4. The third kappa shape index (κ3) is 5.31. The van der Waals surface area contributed by atoms with E-state index in [4.69, 9.17) is 17.0 Å². The van der Waals surface area contributed by atoms with Gasteiger partial charge in [0.2, 0.25) is 0 Å². The summed E-state index contributed by atoms with van der Waals surface area (Å²) >= 11 is 5.38. The van der Waals surface area contributed by atoms with E-state index in [1.807, 2.05) is 76.2 Å². The molecule has 0 spiro atoms. The van der Waals surface area contributed by atoms with Gasteiger partial charge in [-0.2, -0.15) is 0 Å². The van der Waals surface area contributed by atoms with Crippen LogP contribution in [0.1, 0.15) is 33.6 Å². The van der Waals surface area contributed by atoms with Gasteiger partial charge in [-0.3, -0.25) is 19.8 Å². The number of carbonyl (C=O) groups excluding carboxylic acids is 2. The molecule has 0 unspecified atom stereocenters. The molecule has 0 radical (unpaired) electrons. The Morgan fingerprint density at radius 1 is 0.925 bits per heavy atom. The molecular formula is C32H28FN3O3S. The monoisotopic (exact) mass is 553 g/mol. The number of nitrogens with zero attached hydrogens (tertiary/aromatic N) is 2. The number of aryl methyl sites for hydroxylation is 3. The number of aromatic nitrogens is 1. The van der Waals surface area contributed by atoms with E-state index >= 15 is 0 Å². The predicted molar refractivity (Wildman–Crippen MR) is 158 cm³/mol. The van der Waals surface area contributed by atoms with Crippen LogP contribution in [0.3, 0.4) is 0 Å². The topological polar surface area (TPSA) is 63.6 Å². The van der Waals surface area contributed by atoms with Crippen LogP contribution in [-0.4, -0.2) is 21.5 Å². The highest BCUT2D eigenvalue weighted by atomic mass is 32.1. The van der Waals surface area contributed by atoms with E-state index in [1.54, 1.807) is 18.2 Å². The minimum absolute atomic E-state index is 0.0132. The smallest absolute Gasteiger partial charge is 0.270 e. The van der Waals surface area contributed by atoms with Crippen LogP contribution in [0.15, 0.2) is 78.4 Å². The molecule has 40 heavy (non-hydrogen) atoms. The fourth-order valence-electron chi connectivity index (χ4n) is 4.76. The first-order valence-electron chi connectivity index (χ1n) is 12.8. The number of hydrogen-bond donors (Lipinski definition) is 1. The van der Waals surface area contributed by atoms with Crippen molar-refractivity contribution in [2.75, 3.05) is 4.90 Å². The number of thiocarbonyl (C=S) groups is 1. The molecular weight excluding hydrogens is 525 g/mol. The third-order valence-corrected chi connectivity index (χ3v) is 7.18. The predicted octanol–water partition coefficient (Wildman–Crippen LogP) is 6.26. The molecule has 5 rings (SSSR count). The van der Waals surface area contributed by atoms with Crippen LogP contribution in [0, 0.1) is 33.5 Å². The second kappa shape index (κ2) is 10.9. The van der Waals surface area contributed by atoms with Crippen molar-refractivity contribution in [3.63, 3.8) is 0 Å². The van der Waals surface area contributed by atoms with E-state index in [-0.39, 0.29) is 16.5 Å². The molecule has 1 aromatic heterocycles. The summed E-state index contributed by atoms with van der Waals surface area (Å²) in [5, 5.41) is 2.73. The van der Waals surface area contributed by atoms with Crippen LogP contribution >= 0.6 is 12.2 Å². The van der Waals surface area contributed by atoms with Crippen molar-refractivity contribution in [2.24, 2.45) is 0 Å². The van der Waals surface area contributed by atoms with Crippen molar-refractivity contribution in [3.05, 3.63) is 118 Å². The normalized spacial score (nSPS) is 14.6. The molecule has 2 heterocycles. The lowest BCUT2D eigenvalue weighted by molar-refractivity contribution is -0.122. The summed E-state index contributed by atoms with van der Waals surface area (Å²) in [6.45, 7) is 8.08. The molecule has 1 N–H and O–H groups in total. The molecule has 1 aliphatic heterocycles. The van der Waals surface area contributed by atoms with Crippen LogP contribution in [0.2, 0.25) is 0 Å². The second-order valence-electron chi connectivity index (χ2n) is 9.82. The van der Waals surface area contributed by atoms with Crippen LogP contribution in [0.4, 0.5) is 10.1 Å². The van der Waals surface area contributed by atoms with Crippen LogP contribution < -0.4 is 15.0 Å². The summed E-state index contributed by atoms with van der Waals surface area (Å²) in [4.78, 5) is 27.8. The minimum atomic E-state index is -0.524. The Labute approximate surface area is 237 Å². The second-order valence-corrected chi connectivity index (χ2v) is 10.2. The first-order valence-corrected chi connectivity index (χ1v) is 13.2. The van der Waals surface area contributed by atoms with Gasteiger partial charge in [0.15, 0.2) is 5.11 Å². The Morgan fingerprint density at radius 2 is 1.62 bits per heavy atom. The van der Waals surface area contributed by atoms with Crippen molar-refractivity contribution >= 4 is 40.9 Å². The largest absolute Gasteiger partial charge is 0.489 e. The zero-order valence-electron chi connectivity index (χ0n) is 22.6. The maximum atomic E-state index is 13.6. The van der Waals surface area contributed by atoms with Crippen molar-refractivity contribution in [1.82, 2.24) is 9.88 Å². The SMILES string of the molecule is Cc1ccc(C)c(N2C(=O)/C(=C/c3cc(C)n(-c4ccc(OCc5ccc(F)cc5)cc4)c3C)C(=O)NC2=S)c1. The Balaban J connectivity index is 1.41. The molecule has 0 atom stereocenters. The molecule has 1 aliphatic rings. The van der Waals surface area contributed by atoms with Gasteiger partial charge in [-0.15, -0.1) is 0 Å². The van der Waals surface area contributed by atoms with Crippen molar-refractivity contribution < 1.29 is 18.7 Å². The van der Waals surface area contributed by atoms with Crippen LogP contribution in [0.5, 0.6) is 5.75 Å². The van der Waals surface area contributed by atoms with E-state index in [2.05, 4.69) is 9.88 Å². The zero-order chi connectivity index (χ0) is 28.6.